The Balaban J connectivity index is 1.17. The lowest BCUT2D eigenvalue weighted by atomic mass is 10.1. The lowest BCUT2D eigenvalue weighted by Crippen LogP contribution is -2.06. The van der Waals surface area contributed by atoms with Crippen molar-refractivity contribution in [2.45, 2.75) is 0 Å². The lowest BCUT2D eigenvalue weighted by Gasteiger charge is -2.13. The van der Waals surface area contributed by atoms with Gasteiger partial charge in [0.1, 0.15) is 0 Å². The minimum atomic E-state index is 0.573. The van der Waals surface area contributed by atoms with Gasteiger partial charge in [0, 0.05) is 54.8 Å². The van der Waals surface area contributed by atoms with Gasteiger partial charge < -0.3 is 9.13 Å². The second-order valence-electron chi connectivity index (χ2n) is 14.5. The fourth-order valence-electron chi connectivity index (χ4n) is 8.86. The van der Waals surface area contributed by atoms with Gasteiger partial charge in [-0.1, -0.05) is 146 Å². The van der Waals surface area contributed by atoms with Gasteiger partial charge in [0.15, 0.2) is 11.6 Å². The highest BCUT2D eigenvalue weighted by atomic mass is 15.2. The second-order valence-corrected chi connectivity index (χ2v) is 14.5. The van der Waals surface area contributed by atoms with E-state index in [4.69, 9.17) is 15.0 Å². The Morgan fingerprint density at radius 2 is 0.754 bits per heavy atom. The first-order valence-electron chi connectivity index (χ1n) is 19.2. The molecule has 0 spiro atoms. The topological polar surface area (TPSA) is 53.5 Å². The summed E-state index contributed by atoms with van der Waals surface area (Å²) in [6, 6.07) is 68.5. The molecule has 266 valence electrons. The lowest BCUT2D eigenvalue weighted by molar-refractivity contribution is 0.953. The van der Waals surface area contributed by atoms with Crippen molar-refractivity contribution in [3.05, 3.63) is 194 Å². The number of para-hydroxylation sites is 4. The predicted octanol–water partition coefficient (Wildman–Crippen LogP) is 12.5. The molecule has 0 radical (unpaired) electrons. The highest BCUT2D eigenvalue weighted by Gasteiger charge is 2.23. The van der Waals surface area contributed by atoms with E-state index in [-0.39, 0.29) is 0 Å². The SMILES string of the molecule is c1ccc(-c2nc(-c3ccccc3)nc(-n3c4ccccc4c4c3ccc3c5ccccc5n(-c5cccc(-n6c7ccccc7c7ccccc76)c5)c34)n2)cc1. The van der Waals surface area contributed by atoms with Crippen LogP contribution in [0.2, 0.25) is 0 Å². The fraction of sp³-hybridized carbons (Fsp3) is 0. The molecule has 6 nitrogen and oxygen atoms in total. The summed E-state index contributed by atoms with van der Waals surface area (Å²) in [7, 11) is 0. The van der Waals surface area contributed by atoms with Gasteiger partial charge in [-0.2, -0.15) is 9.97 Å². The highest BCUT2D eigenvalue weighted by molar-refractivity contribution is 6.26. The van der Waals surface area contributed by atoms with Crippen molar-refractivity contribution < 1.29 is 0 Å². The summed E-state index contributed by atoms with van der Waals surface area (Å²) in [5.74, 6) is 1.83. The summed E-state index contributed by atoms with van der Waals surface area (Å²) >= 11 is 0. The van der Waals surface area contributed by atoms with E-state index in [1.165, 1.54) is 32.6 Å². The summed E-state index contributed by atoms with van der Waals surface area (Å²) in [6.07, 6.45) is 0. The number of aromatic nitrogens is 6. The molecule has 0 aliphatic heterocycles. The first-order chi connectivity index (χ1) is 28.3. The van der Waals surface area contributed by atoms with Crippen LogP contribution in [0.3, 0.4) is 0 Å². The van der Waals surface area contributed by atoms with Crippen LogP contribution >= 0.6 is 0 Å². The third kappa shape index (κ3) is 4.74. The van der Waals surface area contributed by atoms with Crippen LogP contribution in [-0.4, -0.2) is 28.7 Å². The molecule has 0 fully saturated rings. The Bertz CT molecular complexity index is 3410. The Labute approximate surface area is 327 Å². The normalized spacial score (nSPS) is 11.9. The zero-order valence-corrected chi connectivity index (χ0v) is 30.7. The molecular weight excluding hydrogens is 697 g/mol. The molecule has 12 aromatic rings. The molecule has 4 aromatic heterocycles. The average Bonchev–Trinajstić information content (AvgIpc) is 3.93. The zero-order chi connectivity index (χ0) is 37.5. The van der Waals surface area contributed by atoms with Gasteiger partial charge in [0.05, 0.1) is 33.1 Å². The molecule has 0 bridgehead atoms. The van der Waals surface area contributed by atoms with Crippen LogP contribution in [0.25, 0.3) is 106 Å². The van der Waals surface area contributed by atoms with Crippen molar-refractivity contribution in [2.75, 3.05) is 0 Å². The average molecular weight is 729 g/mol. The number of benzene rings is 8. The largest absolute Gasteiger partial charge is 0.309 e. The predicted molar refractivity (Wildman–Crippen MR) is 234 cm³/mol. The van der Waals surface area contributed by atoms with E-state index in [1.807, 2.05) is 36.4 Å². The standard InChI is InChI=1S/C51H32N6/c1-3-16-33(17-4-1)49-52-50(34-18-5-2-6-19-34)54-51(53-49)57-45-29-14-10-25-41(45)47-46(57)31-30-40-39-24-9-13-28-44(39)56(48(40)47)36-21-15-20-35(32-36)55-42-26-11-7-22-37(42)38-23-8-12-27-43(38)55/h1-32H. The Morgan fingerprint density at radius 3 is 1.33 bits per heavy atom. The first kappa shape index (κ1) is 31.5. The minimum absolute atomic E-state index is 0.573. The molecule has 0 unspecified atom stereocenters. The number of rotatable bonds is 5. The van der Waals surface area contributed by atoms with Gasteiger partial charge >= 0.3 is 0 Å². The summed E-state index contributed by atoms with van der Waals surface area (Å²) < 4.78 is 7.04. The number of hydrogen-bond donors (Lipinski definition) is 0. The Morgan fingerprint density at radius 1 is 0.298 bits per heavy atom. The van der Waals surface area contributed by atoms with E-state index in [1.54, 1.807) is 0 Å². The summed E-state index contributed by atoms with van der Waals surface area (Å²) in [4.78, 5) is 15.4. The molecule has 0 aliphatic carbocycles. The molecule has 0 N–H and O–H groups in total. The molecule has 6 heteroatoms. The van der Waals surface area contributed by atoms with Gasteiger partial charge in [0.2, 0.25) is 5.95 Å². The van der Waals surface area contributed by atoms with E-state index in [0.717, 1.165) is 55.3 Å². The van der Waals surface area contributed by atoms with Crippen LogP contribution in [0.1, 0.15) is 0 Å². The van der Waals surface area contributed by atoms with Crippen molar-refractivity contribution in [2.24, 2.45) is 0 Å². The summed E-state index contributed by atoms with van der Waals surface area (Å²) in [6.45, 7) is 0. The summed E-state index contributed by atoms with van der Waals surface area (Å²) in [5, 5.41) is 7.15. The number of nitrogens with zero attached hydrogens (tertiary/aromatic N) is 6. The van der Waals surface area contributed by atoms with Crippen LogP contribution in [0.4, 0.5) is 0 Å². The van der Waals surface area contributed by atoms with Crippen LogP contribution in [0.5, 0.6) is 0 Å². The van der Waals surface area contributed by atoms with Crippen molar-refractivity contribution in [1.82, 2.24) is 28.7 Å². The number of hydrogen-bond acceptors (Lipinski definition) is 3. The van der Waals surface area contributed by atoms with Crippen LogP contribution < -0.4 is 0 Å². The molecule has 57 heavy (non-hydrogen) atoms. The first-order valence-corrected chi connectivity index (χ1v) is 19.2. The quantitative estimate of drug-likeness (QED) is 0.177. The molecule has 0 aliphatic rings. The van der Waals surface area contributed by atoms with Crippen LogP contribution in [-0.2, 0) is 0 Å². The second kappa shape index (κ2) is 12.3. The molecule has 0 atom stereocenters. The van der Waals surface area contributed by atoms with E-state index >= 15 is 0 Å². The van der Waals surface area contributed by atoms with Gasteiger partial charge in [0.25, 0.3) is 0 Å². The molecule has 0 amide bonds. The molecule has 4 heterocycles. The zero-order valence-electron chi connectivity index (χ0n) is 30.7. The van der Waals surface area contributed by atoms with E-state index in [2.05, 4.69) is 171 Å². The maximum absolute atomic E-state index is 5.20. The monoisotopic (exact) mass is 728 g/mol. The molecule has 0 saturated carbocycles. The molecule has 8 aromatic carbocycles. The highest BCUT2D eigenvalue weighted by Crippen LogP contribution is 2.42. The maximum Gasteiger partial charge on any atom is 0.238 e. The summed E-state index contributed by atoms with van der Waals surface area (Å²) in [5.41, 5.74) is 10.8. The molecular formula is C51H32N6. The van der Waals surface area contributed by atoms with Gasteiger partial charge in [-0.25, -0.2) is 4.98 Å². The van der Waals surface area contributed by atoms with Crippen LogP contribution in [0, 0.1) is 0 Å². The fourth-order valence-corrected chi connectivity index (χ4v) is 8.86. The third-order valence-corrected chi connectivity index (χ3v) is 11.3. The number of fused-ring (bicyclic) bond motifs is 10. The Hall–Kier alpha value is -7.83. The van der Waals surface area contributed by atoms with Gasteiger partial charge in [-0.15, -0.1) is 0 Å². The van der Waals surface area contributed by atoms with E-state index in [0.29, 0.717) is 17.6 Å². The van der Waals surface area contributed by atoms with Gasteiger partial charge in [-0.3, -0.25) is 4.57 Å². The van der Waals surface area contributed by atoms with Crippen LogP contribution in [0.15, 0.2) is 194 Å². The Kier molecular flexibility index (Phi) is 6.83. The molecule has 0 saturated heterocycles. The van der Waals surface area contributed by atoms with Crippen molar-refractivity contribution in [3.8, 4) is 40.1 Å². The van der Waals surface area contributed by atoms with E-state index in [9.17, 15) is 0 Å². The maximum atomic E-state index is 5.20. The van der Waals surface area contributed by atoms with Crippen molar-refractivity contribution >= 4 is 65.4 Å². The van der Waals surface area contributed by atoms with Crippen molar-refractivity contribution in [3.63, 3.8) is 0 Å². The molecule has 12 rings (SSSR count). The van der Waals surface area contributed by atoms with Gasteiger partial charge in [-0.05, 0) is 48.5 Å². The smallest absolute Gasteiger partial charge is 0.238 e. The third-order valence-electron chi connectivity index (χ3n) is 11.3. The van der Waals surface area contributed by atoms with Crippen molar-refractivity contribution in [1.29, 1.82) is 0 Å². The minimum Gasteiger partial charge on any atom is -0.309 e. The van der Waals surface area contributed by atoms with E-state index < -0.39 is 0 Å².